The number of rotatable bonds is 8. The third kappa shape index (κ3) is 5.06. The van der Waals surface area contributed by atoms with Gasteiger partial charge in [-0.2, -0.15) is 13.2 Å². The number of carbonyl (C=O) groups excluding carboxylic acids is 1. The van der Waals surface area contributed by atoms with Crippen molar-refractivity contribution < 1.29 is 37.7 Å². The zero-order valence-corrected chi connectivity index (χ0v) is 23.1. The molecule has 2 aromatic rings. The second kappa shape index (κ2) is 10.2. The van der Waals surface area contributed by atoms with Crippen LogP contribution >= 0.6 is 11.6 Å². The highest BCUT2D eigenvalue weighted by atomic mass is 35.5. The number of halogens is 4. The van der Waals surface area contributed by atoms with Gasteiger partial charge in [-0.25, -0.2) is 4.79 Å². The topological polar surface area (TPSA) is 95.9 Å². The van der Waals surface area contributed by atoms with Gasteiger partial charge in [0.2, 0.25) is 0 Å². The Morgan fingerprint density at radius 1 is 1.21 bits per heavy atom. The maximum absolute atomic E-state index is 13.4. The van der Waals surface area contributed by atoms with Crippen LogP contribution in [0.5, 0.6) is 11.5 Å². The van der Waals surface area contributed by atoms with E-state index in [9.17, 15) is 33.0 Å². The summed E-state index contributed by atoms with van der Waals surface area (Å²) in [7, 11) is 0. The van der Waals surface area contributed by atoms with E-state index in [1.54, 1.807) is 6.07 Å². The molecule has 2 aliphatic rings. The Morgan fingerprint density at radius 3 is 2.44 bits per heavy atom. The van der Waals surface area contributed by atoms with Gasteiger partial charge in [0.1, 0.15) is 11.3 Å². The minimum atomic E-state index is -4.66. The summed E-state index contributed by atoms with van der Waals surface area (Å²) in [5.74, 6) is -2.13. The third-order valence-electron chi connectivity index (χ3n) is 9.18. The van der Waals surface area contributed by atoms with Crippen molar-refractivity contribution in [3.63, 3.8) is 0 Å². The molecule has 3 atom stereocenters. The fraction of sp³-hybridized carbons (Fsp3) is 0.517. The lowest BCUT2D eigenvalue weighted by Crippen LogP contribution is -2.32. The lowest BCUT2D eigenvalue weighted by atomic mass is 9.64. The minimum Gasteiger partial charge on any atom is -0.506 e. The predicted molar refractivity (Wildman–Crippen MR) is 141 cm³/mol. The van der Waals surface area contributed by atoms with E-state index in [1.807, 2.05) is 6.92 Å². The zero-order chi connectivity index (χ0) is 28.9. The van der Waals surface area contributed by atoms with Gasteiger partial charge in [-0.15, -0.1) is 0 Å². The van der Waals surface area contributed by atoms with Crippen LogP contribution in [0.3, 0.4) is 0 Å². The minimum absolute atomic E-state index is 0.0354. The normalized spacial score (nSPS) is 23.6. The van der Waals surface area contributed by atoms with Crippen molar-refractivity contribution >= 4 is 29.2 Å². The lowest BCUT2D eigenvalue weighted by molar-refractivity contribution is -0.137. The van der Waals surface area contributed by atoms with E-state index in [-0.39, 0.29) is 46.6 Å². The highest BCUT2D eigenvalue weighted by molar-refractivity contribution is 6.32. The molecule has 2 aliphatic carbocycles. The molecule has 0 saturated heterocycles. The van der Waals surface area contributed by atoms with Gasteiger partial charge in [0.05, 0.1) is 10.6 Å². The first-order chi connectivity index (χ1) is 18.1. The van der Waals surface area contributed by atoms with Crippen LogP contribution in [0, 0.1) is 16.7 Å². The first-order valence-corrected chi connectivity index (χ1v) is 13.4. The van der Waals surface area contributed by atoms with Crippen LogP contribution in [0.25, 0.3) is 0 Å². The second-order valence-corrected chi connectivity index (χ2v) is 11.8. The Hall–Kier alpha value is -2.94. The molecule has 0 heterocycles. The largest absolute Gasteiger partial charge is 0.506 e. The fourth-order valence-corrected chi connectivity index (χ4v) is 6.77. The molecule has 0 radical (unpaired) electrons. The number of carbonyl (C=O) groups is 2. The molecule has 2 fully saturated rings. The number of anilines is 1. The van der Waals surface area contributed by atoms with E-state index in [0.717, 1.165) is 25.3 Å². The quantitative estimate of drug-likeness (QED) is 0.221. The van der Waals surface area contributed by atoms with Crippen LogP contribution in [0.4, 0.5) is 18.9 Å². The molecular weight excluding hydrogens is 535 g/mol. The first-order valence-electron chi connectivity index (χ1n) is 13.0. The van der Waals surface area contributed by atoms with Gasteiger partial charge < -0.3 is 20.3 Å². The maximum atomic E-state index is 13.4. The van der Waals surface area contributed by atoms with E-state index in [1.165, 1.54) is 6.07 Å². The number of nitrogens with one attached hydrogen (secondary N) is 1. The molecule has 6 nitrogen and oxygen atoms in total. The highest BCUT2D eigenvalue weighted by Crippen LogP contribution is 2.72. The van der Waals surface area contributed by atoms with E-state index in [2.05, 4.69) is 26.1 Å². The number of fused-ring (bicyclic) bond motifs is 2. The summed E-state index contributed by atoms with van der Waals surface area (Å²) >= 11 is 5.90. The Balaban J connectivity index is 1.84. The molecule has 0 aliphatic heterocycles. The molecule has 0 amide bonds. The Labute approximate surface area is 230 Å². The fourth-order valence-electron chi connectivity index (χ4n) is 6.53. The monoisotopic (exact) mass is 567 g/mol. The second-order valence-electron chi connectivity index (χ2n) is 11.4. The van der Waals surface area contributed by atoms with E-state index in [4.69, 9.17) is 16.3 Å². The molecule has 4 rings (SSSR count). The van der Waals surface area contributed by atoms with Gasteiger partial charge >= 0.3 is 18.1 Å². The zero-order valence-electron chi connectivity index (χ0n) is 22.3. The number of ether oxygens (including phenoxy) is 1. The Bertz CT molecular complexity index is 1310. The molecule has 39 heavy (non-hydrogen) atoms. The summed E-state index contributed by atoms with van der Waals surface area (Å²) < 4.78 is 45.9. The summed E-state index contributed by atoms with van der Waals surface area (Å²) in [6.45, 7) is 8.14. The number of carboxylic acid groups (broad SMARTS) is 1. The van der Waals surface area contributed by atoms with Gasteiger partial charge in [-0.05, 0) is 72.6 Å². The summed E-state index contributed by atoms with van der Waals surface area (Å²) in [6, 6.07) is 4.35. The summed E-state index contributed by atoms with van der Waals surface area (Å²) in [5, 5.41) is 23.1. The predicted octanol–water partition coefficient (Wildman–Crippen LogP) is 8.01. The number of phenols is 1. The average molecular weight is 568 g/mol. The van der Waals surface area contributed by atoms with Crippen LogP contribution in [0.15, 0.2) is 24.3 Å². The van der Waals surface area contributed by atoms with Crippen LogP contribution in [-0.4, -0.2) is 22.2 Å². The number of alkyl halides is 3. The Morgan fingerprint density at radius 2 is 1.90 bits per heavy atom. The number of hydrogen-bond donors (Lipinski definition) is 3. The molecular formula is C29H33ClF3NO5. The van der Waals surface area contributed by atoms with Crippen LogP contribution in [0.1, 0.15) is 92.8 Å². The molecule has 0 aromatic heterocycles. The van der Waals surface area contributed by atoms with Crippen molar-refractivity contribution in [3.8, 4) is 11.5 Å². The van der Waals surface area contributed by atoms with Crippen LogP contribution < -0.4 is 10.1 Å². The van der Waals surface area contributed by atoms with Crippen molar-refractivity contribution in [2.45, 2.75) is 78.4 Å². The van der Waals surface area contributed by atoms with Crippen LogP contribution in [-0.2, 0) is 17.5 Å². The molecule has 2 bridgehead atoms. The number of aromatic hydroxyl groups is 1. The van der Waals surface area contributed by atoms with Crippen molar-refractivity contribution in [1.82, 2.24) is 0 Å². The molecule has 0 spiro atoms. The van der Waals surface area contributed by atoms with Crippen molar-refractivity contribution in [2.24, 2.45) is 16.7 Å². The summed E-state index contributed by atoms with van der Waals surface area (Å²) in [6.07, 6.45) is -1.37. The van der Waals surface area contributed by atoms with Gasteiger partial charge in [0.25, 0.3) is 0 Å². The SMILES string of the molecule is CCCC(=O)Oc1c(C(=O)O)ccc(NCc2cc(C(F)(F)F)cc(Cl)c2O)c1C1CC2CCC1(C)C2(C)C. The number of phenolic OH excluding ortho intramolecular Hbond substituents is 1. The molecule has 212 valence electrons. The lowest BCUT2D eigenvalue weighted by Gasteiger charge is -2.40. The summed E-state index contributed by atoms with van der Waals surface area (Å²) in [4.78, 5) is 24.9. The average Bonchev–Trinajstić information content (AvgIpc) is 3.17. The van der Waals surface area contributed by atoms with Crippen molar-refractivity contribution in [1.29, 1.82) is 0 Å². The third-order valence-corrected chi connectivity index (χ3v) is 9.47. The molecule has 2 aromatic carbocycles. The molecule has 3 unspecified atom stereocenters. The number of carboxylic acids is 1. The highest BCUT2D eigenvalue weighted by Gasteiger charge is 2.62. The first kappa shape index (κ1) is 29.1. The van der Waals surface area contributed by atoms with E-state index in [0.29, 0.717) is 29.7 Å². The molecule has 2 saturated carbocycles. The van der Waals surface area contributed by atoms with E-state index < -0.39 is 34.5 Å². The number of esters is 1. The van der Waals surface area contributed by atoms with Crippen molar-refractivity contribution in [2.75, 3.05) is 5.32 Å². The standard InChI is InChI=1S/C29H33ClF3NO5/c1-5-6-22(35)39-25-18(26(37)38)7-8-21(23(25)19-12-16-9-10-28(19,4)27(16,2)3)34-14-15-11-17(29(31,32)33)13-20(30)24(15)36/h7-8,11,13,16,19,34,36H,5-6,9-10,12,14H2,1-4H3,(H,37,38). The number of benzene rings is 2. The van der Waals surface area contributed by atoms with Gasteiger partial charge in [0.15, 0.2) is 5.75 Å². The summed E-state index contributed by atoms with van der Waals surface area (Å²) in [5.41, 5.74) is -0.581. The van der Waals surface area contributed by atoms with Crippen molar-refractivity contribution in [3.05, 3.63) is 51.5 Å². The van der Waals surface area contributed by atoms with Gasteiger partial charge in [0, 0.05) is 29.8 Å². The maximum Gasteiger partial charge on any atom is 0.416 e. The van der Waals surface area contributed by atoms with Crippen LogP contribution in [0.2, 0.25) is 5.02 Å². The number of aromatic carboxylic acids is 1. The molecule has 3 N–H and O–H groups in total. The van der Waals surface area contributed by atoms with Gasteiger partial charge in [-0.3, -0.25) is 4.79 Å². The van der Waals surface area contributed by atoms with Gasteiger partial charge in [-0.1, -0.05) is 39.3 Å². The Kier molecular flexibility index (Phi) is 7.62. The molecule has 10 heteroatoms. The van der Waals surface area contributed by atoms with E-state index >= 15 is 0 Å². The smallest absolute Gasteiger partial charge is 0.416 e. The number of hydrogen-bond acceptors (Lipinski definition) is 5.